The van der Waals surface area contributed by atoms with Crippen molar-refractivity contribution in [3.05, 3.63) is 23.0 Å². The van der Waals surface area contributed by atoms with E-state index in [2.05, 4.69) is 33.4 Å². The van der Waals surface area contributed by atoms with Gasteiger partial charge < -0.3 is 0 Å². The predicted octanol–water partition coefficient (Wildman–Crippen LogP) is 3.42. The molecule has 0 aromatic heterocycles. The lowest BCUT2D eigenvalue weighted by molar-refractivity contribution is 0.815. The fourth-order valence-corrected chi connectivity index (χ4v) is 1.23. The molecule has 0 heterocycles. The van der Waals surface area contributed by atoms with Crippen molar-refractivity contribution in [2.75, 3.05) is 0 Å². The summed E-state index contributed by atoms with van der Waals surface area (Å²) in [6.07, 6.45) is 2.14. The zero-order valence-electron chi connectivity index (χ0n) is 6.35. The highest BCUT2D eigenvalue weighted by Crippen LogP contribution is 2.23. The molecule has 0 aromatic carbocycles. The summed E-state index contributed by atoms with van der Waals surface area (Å²) in [5, 5.41) is 1.87. The topological polar surface area (TPSA) is 0 Å². The fourth-order valence-electron chi connectivity index (χ4n) is 0.634. The molecule has 0 aliphatic heterocycles. The van der Waals surface area contributed by atoms with E-state index in [9.17, 15) is 0 Å². The maximum absolute atomic E-state index is 3.65. The number of hydrogen-bond acceptors (Lipinski definition) is 1. The fraction of sp³-hybridized carbons (Fsp3) is 0.500. The molecule has 0 rings (SSSR count). The summed E-state index contributed by atoms with van der Waals surface area (Å²) in [6, 6.07) is 0. The minimum Gasteiger partial charge on any atom is -0.103 e. The minimum atomic E-state index is 0.637. The van der Waals surface area contributed by atoms with Gasteiger partial charge >= 0.3 is 0 Å². The van der Waals surface area contributed by atoms with Gasteiger partial charge in [0.25, 0.3) is 0 Å². The number of allylic oxidation sites excluding steroid dienone is 2. The van der Waals surface area contributed by atoms with Gasteiger partial charge in [-0.05, 0) is 23.2 Å². The van der Waals surface area contributed by atoms with Crippen LogP contribution in [0.5, 0.6) is 0 Å². The quantitative estimate of drug-likeness (QED) is 0.582. The van der Waals surface area contributed by atoms with Crippen LogP contribution in [0.4, 0.5) is 0 Å². The van der Waals surface area contributed by atoms with Crippen molar-refractivity contribution < 1.29 is 0 Å². The molecule has 0 unspecified atom stereocenters. The zero-order chi connectivity index (χ0) is 7.28. The van der Waals surface area contributed by atoms with Crippen molar-refractivity contribution in [1.29, 1.82) is 0 Å². The van der Waals surface area contributed by atoms with E-state index in [-0.39, 0.29) is 0 Å². The second kappa shape index (κ2) is 4.68. The molecule has 0 saturated carbocycles. The van der Waals surface area contributed by atoms with E-state index in [4.69, 9.17) is 0 Å². The Labute approximate surface area is 62.0 Å². The Bertz CT molecular complexity index is 112. The van der Waals surface area contributed by atoms with Crippen LogP contribution in [0.3, 0.4) is 0 Å². The molecule has 0 atom stereocenters. The molecule has 0 aliphatic rings. The molecule has 0 bridgehead atoms. The van der Waals surface area contributed by atoms with Crippen LogP contribution in [0.15, 0.2) is 23.0 Å². The lowest BCUT2D eigenvalue weighted by Crippen LogP contribution is -1.86. The minimum absolute atomic E-state index is 0.637. The van der Waals surface area contributed by atoms with Crippen LogP contribution in [0.25, 0.3) is 0 Å². The Morgan fingerprint density at radius 3 is 2.22 bits per heavy atom. The highest BCUT2D eigenvalue weighted by molar-refractivity contribution is 8.05. The third-order valence-corrected chi connectivity index (χ3v) is 2.22. The zero-order valence-corrected chi connectivity index (χ0v) is 7.16. The smallest absolute Gasteiger partial charge is 0.0126 e. The molecule has 0 fully saturated rings. The van der Waals surface area contributed by atoms with E-state index in [1.165, 1.54) is 4.91 Å². The van der Waals surface area contributed by atoms with Gasteiger partial charge in [0.2, 0.25) is 0 Å². The third kappa shape index (κ3) is 3.41. The summed E-state index contributed by atoms with van der Waals surface area (Å²) in [5.74, 6) is 0.637. The highest BCUT2D eigenvalue weighted by Gasteiger charge is 1.98. The molecule has 0 radical (unpaired) electrons. The van der Waals surface area contributed by atoms with Crippen molar-refractivity contribution in [3.63, 3.8) is 0 Å². The Balaban J connectivity index is 3.84. The molecule has 0 nitrogen and oxygen atoms in total. The second-order valence-electron chi connectivity index (χ2n) is 2.13. The SMILES string of the molecule is C=CS/C(=C\C)C(C)C. The van der Waals surface area contributed by atoms with Gasteiger partial charge in [-0.15, -0.1) is 11.8 Å². The summed E-state index contributed by atoms with van der Waals surface area (Å²) in [6.45, 7) is 10.1. The molecule has 0 N–H and O–H groups in total. The van der Waals surface area contributed by atoms with Crippen molar-refractivity contribution in [2.45, 2.75) is 20.8 Å². The van der Waals surface area contributed by atoms with Crippen LogP contribution in [0.2, 0.25) is 0 Å². The Morgan fingerprint density at radius 1 is 1.56 bits per heavy atom. The largest absolute Gasteiger partial charge is 0.103 e. The van der Waals surface area contributed by atoms with E-state index in [1.54, 1.807) is 11.8 Å². The summed E-state index contributed by atoms with van der Waals surface area (Å²) in [5.41, 5.74) is 0. The molecular weight excluding hydrogens is 128 g/mol. The van der Waals surface area contributed by atoms with Crippen LogP contribution >= 0.6 is 11.8 Å². The van der Waals surface area contributed by atoms with Crippen LogP contribution in [0.1, 0.15) is 20.8 Å². The van der Waals surface area contributed by atoms with Gasteiger partial charge in [-0.1, -0.05) is 26.5 Å². The molecule has 0 amide bonds. The molecule has 0 aromatic rings. The maximum atomic E-state index is 3.65. The Hall–Kier alpha value is -0.170. The van der Waals surface area contributed by atoms with E-state index in [0.717, 1.165) is 0 Å². The molecule has 9 heavy (non-hydrogen) atoms. The van der Waals surface area contributed by atoms with Gasteiger partial charge in [0.05, 0.1) is 0 Å². The van der Waals surface area contributed by atoms with Crippen LogP contribution < -0.4 is 0 Å². The molecule has 52 valence electrons. The molecule has 1 heteroatoms. The van der Waals surface area contributed by atoms with Crippen molar-refractivity contribution >= 4 is 11.8 Å². The first-order chi connectivity index (χ1) is 4.22. The first-order valence-electron chi connectivity index (χ1n) is 3.16. The number of thioether (sulfide) groups is 1. The summed E-state index contributed by atoms with van der Waals surface area (Å²) >= 11 is 1.71. The monoisotopic (exact) mass is 142 g/mol. The first kappa shape index (κ1) is 8.83. The van der Waals surface area contributed by atoms with Crippen molar-refractivity contribution in [2.24, 2.45) is 5.92 Å². The highest BCUT2D eigenvalue weighted by atomic mass is 32.2. The van der Waals surface area contributed by atoms with Crippen molar-refractivity contribution in [1.82, 2.24) is 0 Å². The first-order valence-corrected chi connectivity index (χ1v) is 4.04. The average Bonchev–Trinajstić information content (AvgIpc) is 1.82. The Morgan fingerprint density at radius 2 is 2.11 bits per heavy atom. The van der Waals surface area contributed by atoms with Gasteiger partial charge in [0.15, 0.2) is 0 Å². The van der Waals surface area contributed by atoms with Gasteiger partial charge in [-0.3, -0.25) is 0 Å². The normalized spacial score (nSPS) is 12.2. The van der Waals surface area contributed by atoms with Crippen molar-refractivity contribution in [3.8, 4) is 0 Å². The second-order valence-corrected chi connectivity index (χ2v) is 3.17. The Kier molecular flexibility index (Phi) is 4.60. The van der Waals surface area contributed by atoms with Gasteiger partial charge in [-0.25, -0.2) is 0 Å². The number of rotatable bonds is 3. The predicted molar refractivity (Wildman–Crippen MR) is 46.4 cm³/mol. The van der Waals surface area contributed by atoms with E-state index in [0.29, 0.717) is 5.92 Å². The van der Waals surface area contributed by atoms with Gasteiger partial charge in [0.1, 0.15) is 0 Å². The van der Waals surface area contributed by atoms with E-state index < -0.39 is 0 Å². The summed E-state index contributed by atoms with van der Waals surface area (Å²) < 4.78 is 0. The standard InChI is InChI=1S/C8H14S/c1-5-8(7(3)4)9-6-2/h5-7H,2H2,1,3-4H3/b8-5-. The van der Waals surface area contributed by atoms with Crippen LogP contribution in [-0.4, -0.2) is 0 Å². The van der Waals surface area contributed by atoms with Gasteiger partial charge in [-0.2, -0.15) is 0 Å². The van der Waals surface area contributed by atoms with E-state index in [1.807, 2.05) is 5.41 Å². The van der Waals surface area contributed by atoms with Gasteiger partial charge in [0, 0.05) is 0 Å². The molecule has 0 spiro atoms. The maximum Gasteiger partial charge on any atom is -0.0126 e. The van der Waals surface area contributed by atoms with Crippen LogP contribution in [-0.2, 0) is 0 Å². The lowest BCUT2D eigenvalue weighted by atomic mass is 10.2. The molecular formula is C8H14S. The number of hydrogen-bond donors (Lipinski definition) is 0. The summed E-state index contributed by atoms with van der Waals surface area (Å²) in [4.78, 5) is 1.39. The average molecular weight is 142 g/mol. The van der Waals surface area contributed by atoms with Crippen LogP contribution in [0, 0.1) is 5.92 Å². The summed E-state index contributed by atoms with van der Waals surface area (Å²) in [7, 11) is 0. The molecule has 0 saturated heterocycles. The lowest BCUT2D eigenvalue weighted by Gasteiger charge is -2.05. The van der Waals surface area contributed by atoms with E-state index >= 15 is 0 Å². The third-order valence-electron chi connectivity index (χ3n) is 1.07. The molecule has 0 aliphatic carbocycles.